The van der Waals surface area contributed by atoms with E-state index in [0.29, 0.717) is 22.6 Å². The predicted molar refractivity (Wildman–Crippen MR) is 134 cm³/mol. The highest BCUT2D eigenvalue weighted by Gasteiger charge is 2.37. The van der Waals surface area contributed by atoms with Crippen LogP contribution in [0.25, 0.3) is 5.82 Å². The van der Waals surface area contributed by atoms with E-state index in [-0.39, 0.29) is 22.1 Å². The normalized spacial score (nSPS) is 12.5. The van der Waals surface area contributed by atoms with Gasteiger partial charge >= 0.3 is 6.18 Å². The Morgan fingerprint density at radius 3 is 2.37 bits per heavy atom. The van der Waals surface area contributed by atoms with E-state index in [9.17, 15) is 22.8 Å². The van der Waals surface area contributed by atoms with Crippen molar-refractivity contribution >= 4 is 50.9 Å². The van der Waals surface area contributed by atoms with Gasteiger partial charge in [0.15, 0.2) is 5.69 Å². The number of likely N-dealkylation sites (N-methyl/N-ethyl adjacent to an activating group) is 1. The second-order valence-electron chi connectivity index (χ2n) is 7.93. The number of aromatic nitrogens is 2. The molecule has 2 aromatic rings. The zero-order valence-electron chi connectivity index (χ0n) is 20.1. The molecule has 0 spiro atoms. The lowest BCUT2D eigenvalue weighted by Crippen LogP contribution is -2.28. The number of carbonyl (C=O) groups is 2. The molecule has 190 valence electrons. The summed E-state index contributed by atoms with van der Waals surface area (Å²) in [7, 11) is 4.72. The smallest absolute Gasteiger partial charge is 0.355 e. The van der Waals surface area contributed by atoms with Crippen LogP contribution in [0.1, 0.15) is 46.0 Å². The van der Waals surface area contributed by atoms with E-state index in [0.717, 1.165) is 4.68 Å². The third-order valence-corrected chi connectivity index (χ3v) is 5.52. The van der Waals surface area contributed by atoms with Gasteiger partial charge in [-0.3, -0.25) is 9.59 Å². The quantitative estimate of drug-likeness (QED) is 0.422. The first-order chi connectivity index (χ1) is 16.2. The molecule has 0 bridgehead atoms. The van der Waals surface area contributed by atoms with E-state index >= 15 is 0 Å². The van der Waals surface area contributed by atoms with Crippen molar-refractivity contribution in [1.29, 1.82) is 0 Å². The molecule has 0 saturated heterocycles. The van der Waals surface area contributed by atoms with Crippen LogP contribution in [0, 0.1) is 6.92 Å². The van der Waals surface area contributed by atoms with Crippen LogP contribution in [-0.2, 0) is 6.18 Å². The Kier molecular flexibility index (Phi) is 9.18. The van der Waals surface area contributed by atoms with Gasteiger partial charge in [0.25, 0.3) is 11.8 Å². The molecule has 1 N–H and O–H groups in total. The average Bonchev–Trinajstić information content (AvgIpc) is 3.18. The van der Waals surface area contributed by atoms with Crippen LogP contribution in [0.4, 0.5) is 18.9 Å². The van der Waals surface area contributed by atoms with Gasteiger partial charge in [-0.15, -0.1) is 0 Å². The van der Waals surface area contributed by atoms with Crippen LogP contribution in [0.5, 0.6) is 0 Å². The Morgan fingerprint density at radius 2 is 1.86 bits per heavy atom. The number of aryl methyl sites for hydroxylation is 1. The molecule has 35 heavy (non-hydrogen) atoms. The van der Waals surface area contributed by atoms with Gasteiger partial charge in [-0.2, -0.15) is 18.3 Å². The number of hydrogen-bond donors (Lipinski definition) is 1. The van der Waals surface area contributed by atoms with Crippen LogP contribution in [-0.4, -0.2) is 59.1 Å². The molecule has 0 aliphatic heterocycles. The summed E-state index contributed by atoms with van der Waals surface area (Å²) in [5.74, 6) is -1.18. The van der Waals surface area contributed by atoms with Crippen LogP contribution in [0.15, 0.2) is 39.9 Å². The summed E-state index contributed by atoms with van der Waals surface area (Å²) in [5, 5.41) is 6.39. The van der Waals surface area contributed by atoms with E-state index < -0.39 is 29.4 Å². The van der Waals surface area contributed by atoms with Crippen molar-refractivity contribution in [3.05, 3.63) is 62.4 Å². The van der Waals surface area contributed by atoms with Gasteiger partial charge in [0, 0.05) is 38.2 Å². The molecule has 2 rings (SSSR count). The van der Waals surface area contributed by atoms with Gasteiger partial charge in [0.2, 0.25) is 0 Å². The molecule has 0 aliphatic carbocycles. The Bertz CT molecular complexity index is 1180. The lowest BCUT2D eigenvalue weighted by molar-refractivity contribution is -0.141. The topological polar surface area (TPSA) is 70.5 Å². The number of amides is 2. The number of carbonyl (C=O) groups excluding carboxylic acids is 2. The maximum atomic E-state index is 13.6. The first kappa shape index (κ1) is 28.4. The Hall–Kier alpha value is -2.79. The molecule has 0 aliphatic rings. The van der Waals surface area contributed by atoms with E-state index in [1.807, 2.05) is 0 Å². The molecule has 0 saturated carbocycles. The standard InChI is InChI=1S/C23H26BrClF3N5O2/c1-7-8-9-32(6)21(14(3)25)33-17(12-18(30-33)23(26,27)28)20(34)29-19-13(2)10-15(24)11-16(19)22(35)31(4)5/h7-8,10-12H,9H2,1-6H3,(H,29,34)/b8-7-,21-14-. The second-order valence-corrected chi connectivity index (χ2v) is 9.41. The van der Waals surface area contributed by atoms with Crippen molar-refractivity contribution in [1.82, 2.24) is 19.6 Å². The van der Waals surface area contributed by atoms with Gasteiger partial charge in [0.1, 0.15) is 11.5 Å². The third kappa shape index (κ3) is 6.66. The Morgan fingerprint density at radius 1 is 1.23 bits per heavy atom. The summed E-state index contributed by atoms with van der Waals surface area (Å²) in [6, 6.07) is 3.86. The first-order valence-electron chi connectivity index (χ1n) is 10.4. The molecule has 1 heterocycles. The number of allylic oxidation sites excluding steroid dienone is 2. The maximum Gasteiger partial charge on any atom is 0.435 e. The number of nitrogens with one attached hydrogen (secondary N) is 1. The summed E-state index contributed by atoms with van der Waals surface area (Å²) in [6.45, 7) is 5.27. The predicted octanol–water partition coefficient (Wildman–Crippen LogP) is 5.82. The summed E-state index contributed by atoms with van der Waals surface area (Å²) >= 11 is 9.57. The van der Waals surface area contributed by atoms with Crippen molar-refractivity contribution in [2.75, 3.05) is 33.0 Å². The molecule has 0 unspecified atom stereocenters. The van der Waals surface area contributed by atoms with E-state index in [2.05, 4.69) is 26.3 Å². The zero-order valence-corrected chi connectivity index (χ0v) is 22.4. The fourth-order valence-electron chi connectivity index (χ4n) is 3.26. The molecular formula is C23H26BrClF3N5O2. The minimum absolute atomic E-state index is 0.0996. The molecule has 1 aromatic heterocycles. The fraction of sp³-hybridized carbons (Fsp3) is 0.348. The molecular weight excluding hydrogens is 551 g/mol. The van der Waals surface area contributed by atoms with Crippen LogP contribution < -0.4 is 5.32 Å². The van der Waals surface area contributed by atoms with Gasteiger partial charge in [-0.25, -0.2) is 4.68 Å². The maximum absolute atomic E-state index is 13.6. The highest BCUT2D eigenvalue weighted by Crippen LogP contribution is 2.32. The van der Waals surface area contributed by atoms with Gasteiger partial charge in [-0.05, 0) is 38.5 Å². The lowest BCUT2D eigenvalue weighted by Gasteiger charge is -2.23. The van der Waals surface area contributed by atoms with Crippen molar-refractivity contribution in [3.63, 3.8) is 0 Å². The van der Waals surface area contributed by atoms with Crippen LogP contribution in [0.3, 0.4) is 0 Å². The molecule has 2 amide bonds. The van der Waals surface area contributed by atoms with Crippen molar-refractivity contribution in [2.24, 2.45) is 0 Å². The second kappa shape index (κ2) is 11.3. The number of nitrogens with zero attached hydrogens (tertiary/aromatic N) is 4. The molecule has 0 fully saturated rings. The Labute approximate surface area is 215 Å². The number of alkyl halides is 3. The van der Waals surface area contributed by atoms with Crippen LogP contribution >= 0.6 is 27.5 Å². The lowest BCUT2D eigenvalue weighted by atomic mass is 10.1. The molecule has 0 atom stereocenters. The summed E-state index contributed by atoms with van der Waals surface area (Å²) in [4.78, 5) is 29.0. The van der Waals surface area contributed by atoms with E-state index in [4.69, 9.17) is 11.6 Å². The number of hydrogen-bond acceptors (Lipinski definition) is 4. The van der Waals surface area contributed by atoms with Crippen molar-refractivity contribution < 1.29 is 22.8 Å². The average molecular weight is 577 g/mol. The fourth-order valence-corrected chi connectivity index (χ4v) is 4.06. The minimum Gasteiger partial charge on any atom is -0.355 e. The molecule has 1 aromatic carbocycles. The minimum atomic E-state index is -4.80. The monoisotopic (exact) mass is 575 g/mol. The number of benzene rings is 1. The van der Waals surface area contributed by atoms with Gasteiger partial charge < -0.3 is 15.1 Å². The number of halogens is 5. The largest absolute Gasteiger partial charge is 0.435 e. The summed E-state index contributed by atoms with van der Waals surface area (Å²) in [6.07, 6.45) is -1.25. The van der Waals surface area contributed by atoms with Crippen molar-refractivity contribution in [3.8, 4) is 0 Å². The molecule has 7 nitrogen and oxygen atoms in total. The highest BCUT2D eigenvalue weighted by molar-refractivity contribution is 9.10. The van der Waals surface area contributed by atoms with Crippen molar-refractivity contribution in [2.45, 2.75) is 26.9 Å². The van der Waals surface area contributed by atoms with Gasteiger partial charge in [0.05, 0.1) is 16.3 Å². The summed E-state index contributed by atoms with van der Waals surface area (Å²) < 4.78 is 42.2. The highest BCUT2D eigenvalue weighted by atomic mass is 79.9. The van der Waals surface area contributed by atoms with Gasteiger partial charge in [-0.1, -0.05) is 39.7 Å². The third-order valence-electron chi connectivity index (χ3n) is 4.89. The van der Waals surface area contributed by atoms with Crippen LogP contribution in [0.2, 0.25) is 0 Å². The summed E-state index contributed by atoms with van der Waals surface area (Å²) in [5.41, 5.74) is -0.769. The number of anilines is 1. The molecule has 0 radical (unpaired) electrons. The SMILES string of the molecule is C/C=C\CN(C)/C(=C(\C)Cl)n1nc(C(F)(F)F)cc1C(=O)Nc1c(C)cc(Br)cc1C(=O)N(C)C. The first-order valence-corrected chi connectivity index (χ1v) is 11.6. The number of rotatable bonds is 7. The molecule has 12 heteroatoms. The Balaban J connectivity index is 2.67. The van der Waals surface area contributed by atoms with E-state index in [1.54, 1.807) is 58.1 Å². The van der Waals surface area contributed by atoms with E-state index in [1.165, 1.54) is 17.9 Å². The zero-order chi connectivity index (χ0) is 26.7.